The summed E-state index contributed by atoms with van der Waals surface area (Å²) in [6.07, 6.45) is 8.88. The molecule has 2 aromatic carbocycles. The number of fused-ring (bicyclic) bond motifs is 1. The number of anilines is 1. The minimum absolute atomic E-state index is 0.247. The number of benzene rings is 2. The number of aromatic amines is 1. The molecule has 0 saturated carbocycles. The molecule has 6 aromatic rings. The molecule has 0 aliphatic carbocycles. The first-order valence-electron chi connectivity index (χ1n) is 12.4. The SMILES string of the molecule is Cc1cc(NC(=O)c2ccc(C)c(Oc3nc(-c4ccncc4)nc4cc[nH]c34)c2)cc(-n2cnc(C)c2)c1. The lowest BCUT2D eigenvalue weighted by molar-refractivity contribution is 0.102. The third-order valence-electron chi connectivity index (χ3n) is 6.30. The first-order valence-corrected chi connectivity index (χ1v) is 12.4. The van der Waals surface area contributed by atoms with Gasteiger partial charge < -0.3 is 19.6 Å². The monoisotopic (exact) mass is 515 g/mol. The van der Waals surface area contributed by atoms with Crippen LogP contribution in [0.25, 0.3) is 28.1 Å². The van der Waals surface area contributed by atoms with E-state index >= 15 is 0 Å². The highest BCUT2D eigenvalue weighted by Crippen LogP contribution is 2.31. The van der Waals surface area contributed by atoms with Crippen molar-refractivity contribution in [3.8, 4) is 28.7 Å². The second kappa shape index (κ2) is 9.86. The van der Waals surface area contributed by atoms with E-state index in [2.05, 4.69) is 30.2 Å². The summed E-state index contributed by atoms with van der Waals surface area (Å²) in [5.74, 6) is 1.17. The molecule has 1 amide bonds. The first-order chi connectivity index (χ1) is 18.9. The third kappa shape index (κ3) is 4.97. The summed E-state index contributed by atoms with van der Waals surface area (Å²) in [6.45, 7) is 5.85. The number of H-pyrrole nitrogens is 1. The number of nitrogens with zero attached hydrogens (tertiary/aromatic N) is 5. The van der Waals surface area contributed by atoms with Gasteiger partial charge in [-0.2, -0.15) is 4.98 Å². The van der Waals surface area contributed by atoms with E-state index in [9.17, 15) is 4.79 Å². The molecule has 0 atom stereocenters. The van der Waals surface area contributed by atoms with Crippen LogP contribution >= 0.6 is 0 Å². The van der Waals surface area contributed by atoms with Crippen LogP contribution in [0.1, 0.15) is 27.2 Å². The largest absolute Gasteiger partial charge is 0.437 e. The molecule has 0 aliphatic rings. The van der Waals surface area contributed by atoms with Crippen LogP contribution in [0.3, 0.4) is 0 Å². The number of carbonyl (C=O) groups is 1. The Bertz CT molecular complexity index is 1820. The minimum Gasteiger partial charge on any atom is -0.437 e. The molecule has 39 heavy (non-hydrogen) atoms. The van der Waals surface area contributed by atoms with E-state index < -0.39 is 0 Å². The molecule has 0 saturated heterocycles. The van der Waals surface area contributed by atoms with Crippen molar-refractivity contribution in [3.63, 3.8) is 0 Å². The molecule has 4 heterocycles. The highest BCUT2D eigenvalue weighted by molar-refractivity contribution is 6.04. The second-order valence-electron chi connectivity index (χ2n) is 9.34. The number of hydrogen-bond donors (Lipinski definition) is 2. The van der Waals surface area contributed by atoms with E-state index in [1.54, 1.807) is 37.1 Å². The van der Waals surface area contributed by atoms with Crippen LogP contribution in [0.2, 0.25) is 0 Å². The molecule has 0 bridgehead atoms. The zero-order chi connectivity index (χ0) is 26.9. The van der Waals surface area contributed by atoms with Crippen molar-refractivity contribution >= 4 is 22.6 Å². The zero-order valence-electron chi connectivity index (χ0n) is 21.6. The van der Waals surface area contributed by atoms with E-state index in [0.717, 1.165) is 33.6 Å². The fraction of sp³-hybridized carbons (Fsp3) is 0.100. The Labute approximate surface area is 224 Å². The molecule has 9 heteroatoms. The maximum Gasteiger partial charge on any atom is 0.255 e. The molecular formula is C30H25N7O2. The molecule has 2 N–H and O–H groups in total. The normalized spacial score (nSPS) is 11.1. The average Bonchev–Trinajstić information content (AvgIpc) is 3.59. The Morgan fingerprint density at radius 1 is 0.974 bits per heavy atom. The van der Waals surface area contributed by atoms with Crippen molar-refractivity contribution in [2.75, 3.05) is 5.32 Å². The van der Waals surface area contributed by atoms with E-state index in [4.69, 9.17) is 4.74 Å². The molecule has 0 unspecified atom stereocenters. The van der Waals surface area contributed by atoms with Crippen LogP contribution in [0.5, 0.6) is 11.6 Å². The van der Waals surface area contributed by atoms with E-state index in [1.165, 1.54) is 0 Å². The Kier molecular flexibility index (Phi) is 6.08. The quantitative estimate of drug-likeness (QED) is 0.274. The minimum atomic E-state index is -0.247. The third-order valence-corrected chi connectivity index (χ3v) is 6.30. The molecular weight excluding hydrogens is 490 g/mol. The Hall–Kier alpha value is -5.31. The van der Waals surface area contributed by atoms with Gasteiger partial charge in [-0.05, 0) is 80.4 Å². The van der Waals surface area contributed by atoms with Gasteiger partial charge in [-0.1, -0.05) is 6.07 Å². The Balaban J connectivity index is 1.29. The van der Waals surface area contributed by atoms with Gasteiger partial charge in [0, 0.05) is 47.3 Å². The lowest BCUT2D eigenvalue weighted by atomic mass is 10.1. The summed E-state index contributed by atoms with van der Waals surface area (Å²) in [5.41, 5.74) is 7.09. The van der Waals surface area contributed by atoms with Crippen LogP contribution in [-0.2, 0) is 0 Å². The van der Waals surface area contributed by atoms with Crippen molar-refractivity contribution in [3.05, 3.63) is 108 Å². The van der Waals surface area contributed by atoms with Gasteiger partial charge >= 0.3 is 0 Å². The van der Waals surface area contributed by atoms with Crippen LogP contribution in [0, 0.1) is 20.8 Å². The molecule has 192 valence electrons. The van der Waals surface area contributed by atoms with Crippen molar-refractivity contribution in [2.45, 2.75) is 20.8 Å². The number of carbonyl (C=O) groups excluding carboxylic acids is 1. The standard InChI is InChI=1S/C30H25N7O2/c1-18-12-23(15-24(13-18)37-16-20(3)33-17-37)34-29(38)22-5-4-19(2)26(14-22)39-30-27-25(8-11-32-27)35-28(36-30)21-6-9-31-10-7-21/h4-17,32H,1-3H3,(H,34,38). The number of amides is 1. The lowest BCUT2D eigenvalue weighted by Crippen LogP contribution is -2.12. The van der Waals surface area contributed by atoms with Crippen LogP contribution in [-0.4, -0.2) is 35.4 Å². The molecule has 0 fully saturated rings. The number of pyridine rings is 1. The lowest BCUT2D eigenvalue weighted by Gasteiger charge is -2.13. The summed E-state index contributed by atoms with van der Waals surface area (Å²) in [5, 5.41) is 3.02. The molecule has 0 aliphatic heterocycles. The molecule has 6 rings (SSSR count). The topological polar surface area (TPSA) is 111 Å². The fourth-order valence-electron chi connectivity index (χ4n) is 4.33. The highest BCUT2D eigenvalue weighted by atomic mass is 16.5. The number of imidazole rings is 1. The summed E-state index contributed by atoms with van der Waals surface area (Å²) in [6, 6.07) is 16.8. The van der Waals surface area contributed by atoms with Gasteiger partial charge in [0.1, 0.15) is 11.3 Å². The maximum atomic E-state index is 13.3. The van der Waals surface area contributed by atoms with Gasteiger partial charge in [0.2, 0.25) is 5.88 Å². The van der Waals surface area contributed by atoms with Gasteiger partial charge in [0.15, 0.2) is 5.82 Å². The number of nitrogens with one attached hydrogen (secondary N) is 2. The van der Waals surface area contributed by atoms with Crippen molar-refractivity contribution < 1.29 is 9.53 Å². The van der Waals surface area contributed by atoms with Crippen LogP contribution in [0.15, 0.2) is 85.7 Å². The van der Waals surface area contributed by atoms with E-state index in [0.29, 0.717) is 34.2 Å². The van der Waals surface area contributed by atoms with Crippen molar-refractivity contribution in [1.82, 2.24) is 29.5 Å². The van der Waals surface area contributed by atoms with Gasteiger partial charge in [-0.15, -0.1) is 0 Å². The summed E-state index contributed by atoms with van der Waals surface area (Å²) < 4.78 is 8.22. The fourth-order valence-corrected chi connectivity index (χ4v) is 4.33. The Morgan fingerprint density at radius 2 is 1.82 bits per heavy atom. The first kappa shape index (κ1) is 24.1. The van der Waals surface area contributed by atoms with E-state index in [-0.39, 0.29) is 5.91 Å². The second-order valence-corrected chi connectivity index (χ2v) is 9.34. The zero-order valence-corrected chi connectivity index (χ0v) is 21.6. The van der Waals surface area contributed by atoms with Gasteiger partial charge in [-0.25, -0.2) is 9.97 Å². The molecule has 0 spiro atoms. The molecule has 9 nitrogen and oxygen atoms in total. The summed E-state index contributed by atoms with van der Waals surface area (Å²) >= 11 is 0. The number of aromatic nitrogens is 6. The van der Waals surface area contributed by atoms with Crippen molar-refractivity contribution in [2.24, 2.45) is 0 Å². The van der Waals surface area contributed by atoms with Crippen LogP contribution in [0.4, 0.5) is 5.69 Å². The van der Waals surface area contributed by atoms with Gasteiger partial charge in [-0.3, -0.25) is 9.78 Å². The average molecular weight is 516 g/mol. The predicted octanol–water partition coefficient (Wildman–Crippen LogP) is 6.18. The number of aryl methyl sites for hydroxylation is 3. The Morgan fingerprint density at radius 3 is 2.62 bits per heavy atom. The number of rotatable bonds is 6. The van der Waals surface area contributed by atoms with E-state index in [1.807, 2.05) is 74.0 Å². The van der Waals surface area contributed by atoms with Crippen molar-refractivity contribution in [1.29, 1.82) is 0 Å². The predicted molar refractivity (Wildman–Crippen MR) is 149 cm³/mol. The van der Waals surface area contributed by atoms with Crippen LogP contribution < -0.4 is 10.1 Å². The smallest absolute Gasteiger partial charge is 0.255 e. The van der Waals surface area contributed by atoms with Gasteiger partial charge in [0.25, 0.3) is 5.91 Å². The molecule has 4 aromatic heterocycles. The maximum absolute atomic E-state index is 13.3. The molecule has 0 radical (unpaired) electrons. The number of hydrogen-bond acceptors (Lipinski definition) is 6. The summed E-state index contributed by atoms with van der Waals surface area (Å²) in [7, 11) is 0. The number of ether oxygens (including phenoxy) is 1. The van der Waals surface area contributed by atoms with Gasteiger partial charge in [0.05, 0.1) is 17.5 Å². The summed E-state index contributed by atoms with van der Waals surface area (Å²) in [4.78, 5) is 34.1. The highest BCUT2D eigenvalue weighted by Gasteiger charge is 2.16.